The molecule has 0 atom stereocenters. The van der Waals surface area contributed by atoms with Crippen LogP contribution in [0.2, 0.25) is 0 Å². The lowest BCUT2D eigenvalue weighted by Gasteiger charge is -2.05. The van der Waals surface area contributed by atoms with E-state index in [9.17, 15) is 0 Å². The maximum absolute atomic E-state index is 5.50. The zero-order chi connectivity index (χ0) is 14.7. The first kappa shape index (κ1) is 13.6. The van der Waals surface area contributed by atoms with Crippen molar-refractivity contribution in [1.82, 2.24) is 14.3 Å². The van der Waals surface area contributed by atoms with Crippen LogP contribution < -0.4 is 4.74 Å². The van der Waals surface area contributed by atoms with E-state index in [0.29, 0.717) is 11.3 Å². The first-order valence-electron chi connectivity index (χ1n) is 6.61. The molecule has 1 aromatic heterocycles. The van der Waals surface area contributed by atoms with Gasteiger partial charge in [0.2, 0.25) is 4.77 Å². The van der Waals surface area contributed by atoms with E-state index in [1.807, 2.05) is 59.2 Å². The molecule has 0 amide bonds. The number of ether oxygens (including phenoxy) is 1. The minimum Gasteiger partial charge on any atom is -0.497 e. The summed E-state index contributed by atoms with van der Waals surface area (Å²) in [6, 6.07) is 17.9. The van der Waals surface area contributed by atoms with E-state index in [2.05, 4.69) is 5.10 Å². The highest BCUT2D eigenvalue weighted by Gasteiger charge is 2.05. The molecule has 0 saturated carbocycles. The van der Waals surface area contributed by atoms with Crippen LogP contribution >= 0.6 is 12.2 Å². The second kappa shape index (κ2) is 5.93. The Bertz CT molecular complexity index is 793. The highest BCUT2D eigenvalue weighted by atomic mass is 32.1. The van der Waals surface area contributed by atoms with Gasteiger partial charge in [-0.05, 0) is 42.0 Å². The Morgan fingerprint density at radius 2 is 1.90 bits per heavy atom. The van der Waals surface area contributed by atoms with Crippen molar-refractivity contribution in [3.05, 3.63) is 71.3 Å². The van der Waals surface area contributed by atoms with Crippen LogP contribution in [-0.2, 0) is 6.54 Å². The van der Waals surface area contributed by atoms with Gasteiger partial charge in [-0.3, -0.25) is 4.57 Å². The van der Waals surface area contributed by atoms with Crippen molar-refractivity contribution in [2.45, 2.75) is 6.54 Å². The minimum atomic E-state index is 0.621. The Kier molecular flexibility index (Phi) is 3.83. The van der Waals surface area contributed by atoms with Gasteiger partial charge in [0.1, 0.15) is 12.1 Å². The molecular formula is C16H15N3OS. The zero-order valence-corrected chi connectivity index (χ0v) is 12.5. The van der Waals surface area contributed by atoms with E-state index in [-0.39, 0.29) is 0 Å². The van der Waals surface area contributed by atoms with Gasteiger partial charge in [-0.25, -0.2) is 4.68 Å². The van der Waals surface area contributed by atoms with Gasteiger partial charge in [-0.15, -0.1) is 0 Å². The summed E-state index contributed by atoms with van der Waals surface area (Å²) in [6.07, 6.45) is 1.75. The molecule has 0 aliphatic rings. The van der Waals surface area contributed by atoms with Crippen LogP contribution in [-0.4, -0.2) is 21.5 Å². The lowest BCUT2D eigenvalue weighted by Crippen LogP contribution is -2.03. The average Bonchev–Trinajstić information content (AvgIpc) is 2.89. The van der Waals surface area contributed by atoms with Gasteiger partial charge >= 0.3 is 0 Å². The normalized spacial score (nSPS) is 10.5. The number of hydrogen-bond acceptors (Lipinski definition) is 3. The predicted octanol–water partition coefficient (Wildman–Crippen LogP) is 3.46. The van der Waals surface area contributed by atoms with Crippen molar-refractivity contribution in [3.8, 4) is 11.4 Å². The van der Waals surface area contributed by atoms with Crippen LogP contribution in [0, 0.1) is 4.77 Å². The molecule has 5 heteroatoms. The van der Waals surface area contributed by atoms with Crippen molar-refractivity contribution in [2.75, 3.05) is 7.11 Å². The SMILES string of the molecule is COc1cccc(Cn2ncn(-c3ccccc3)c2=S)c1. The molecule has 2 aromatic carbocycles. The van der Waals surface area contributed by atoms with Gasteiger partial charge < -0.3 is 4.74 Å². The fourth-order valence-corrected chi connectivity index (χ4v) is 2.42. The smallest absolute Gasteiger partial charge is 0.202 e. The van der Waals surface area contributed by atoms with Crippen molar-refractivity contribution in [2.24, 2.45) is 0 Å². The van der Waals surface area contributed by atoms with E-state index < -0.39 is 0 Å². The molecule has 1 heterocycles. The van der Waals surface area contributed by atoms with Gasteiger partial charge in [0.25, 0.3) is 0 Å². The molecule has 21 heavy (non-hydrogen) atoms. The third-order valence-electron chi connectivity index (χ3n) is 3.23. The van der Waals surface area contributed by atoms with Gasteiger partial charge in [-0.2, -0.15) is 5.10 Å². The number of methoxy groups -OCH3 is 1. The summed E-state index contributed by atoms with van der Waals surface area (Å²) in [5.74, 6) is 0.835. The molecule has 4 nitrogen and oxygen atoms in total. The number of para-hydroxylation sites is 1. The molecule has 0 N–H and O–H groups in total. The third-order valence-corrected chi connectivity index (χ3v) is 3.64. The molecule has 3 aromatic rings. The summed E-state index contributed by atoms with van der Waals surface area (Å²) in [4.78, 5) is 0. The van der Waals surface area contributed by atoms with Crippen molar-refractivity contribution >= 4 is 12.2 Å². The van der Waals surface area contributed by atoms with Gasteiger partial charge in [0.15, 0.2) is 0 Å². The lowest BCUT2D eigenvalue weighted by atomic mass is 10.2. The molecule has 0 bridgehead atoms. The monoisotopic (exact) mass is 297 g/mol. The molecule has 0 fully saturated rings. The molecule has 106 valence electrons. The summed E-state index contributed by atoms with van der Waals surface area (Å²) in [6.45, 7) is 0.621. The van der Waals surface area contributed by atoms with Crippen LogP contribution in [0.4, 0.5) is 0 Å². The maximum atomic E-state index is 5.50. The molecular weight excluding hydrogens is 282 g/mol. The number of hydrogen-bond donors (Lipinski definition) is 0. The van der Waals surface area contributed by atoms with Crippen molar-refractivity contribution in [1.29, 1.82) is 0 Å². The highest BCUT2D eigenvalue weighted by molar-refractivity contribution is 7.71. The second-order valence-corrected chi connectivity index (χ2v) is 4.99. The summed E-state index contributed by atoms with van der Waals surface area (Å²) < 4.78 is 9.61. The Labute approximate surface area is 128 Å². The largest absolute Gasteiger partial charge is 0.497 e. The Hall–Kier alpha value is -2.40. The van der Waals surface area contributed by atoms with E-state index in [4.69, 9.17) is 17.0 Å². The Morgan fingerprint density at radius 1 is 1.10 bits per heavy atom. The molecule has 0 aliphatic heterocycles. The summed E-state index contributed by atoms with van der Waals surface area (Å²) in [7, 11) is 1.66. The summed E-state index contributed by atoms with van der Waals surface area (Å²) in [5.41, 5.74) is 2.11. The molecule has 0 radical (unpaired) electrons. The first-order valence-corrected chi connectivity index (χ1v) is 7.01. The number of nitrogens with zero attached hydrogens (tertiary/aromatic N) is 3. The Balaban J connectivity index is 1.91. The average molecular weight is 297 g/mol. The summed E-state index contributed by atoms with van der Waals surface area (Å²) >= 11 is 5.50. The van der Waals surface area contributed by atoms with Gasteiger partial charge in [0.05, 0.1) is 13.7 Å². The van der Waals surface area contributed by atoms with Crippen LogP contribution in [0.5, 0.6) is 5.75 Å². The fraction of sp³-hybridized carbons (Fsp3) is 0.125. The van der Waals surface area contributed by atoms with Crippen LogP contribution in [0.15, 0.2) is 60.9 Å². The van der Waals surface area contributed by atoms with Crippen LogP contribution in [0.25, 0.3) is 5.69 Å². The quantitative estimate of drug-likeness (QED) is 0.691. The Morgan fingerprint density at radius 3 is 2.67 bits per heavy atom. The van der Waals surface area contributed by atoms with Crippen LogP contribution in [0.1, 0.15) is 5.56 Å². The van der Waals surface area contributed by atoms with Crippen LogP contribution in [0.3, 0.4) is 0 Å². The molecule has 0 aliphatic carbocycles. The molecule has 0 spiro atoms. The highest BCUT2D eigenvalue weighted by Crippen LogP contribution is 2.14. The third kappa shape index (κ3) is 2.87. The molecule has 3 rings (SSSR count). The van der Waals surface area contributed by atoms with Crippen molar-refractivity contribution in [3.63, 3.8) is 0 Å². The van der Waals surface area contributed by atoms with Gasteiger partial charge in [0, 0.05) is 5.69 Å². The van der Waals surface area contributed by atoms with Crippen molar-refractivity contribution < 1.29 is 4.74 Å². The summed E-state index contributed by atoms with van der Waals surface area (Å²) in [5, 5.41) is 4.38. The molecule has 0 saturated heterocycles. The first-order chi connectivity index (χ1) is 10.3. The topological polar surface area (TPSA) is 32.0 Å². The van der Waals surface area contributed by atoms with E-state index in [0.717, 1.165) is 17.0 Å². The van der Waals surface area contributed by atoms with E-state index in [1.165, 1.54) is 0 Å². The number of rotatable bonds is 4. The molecule has 0 unspecified atom stereocenters. The standard InChI is InChI=1S/C16H15N3OS/c1-20-15-9-5-6-13(10-15)11-19-16(21)18(12-17-19)14-7-3-2-4-8-14/h2-10,12H,11H2,1H3. The fourth-order valence-electron chi connectivity index (χ4n) is 2.16. The maximum Gasteiger partial charge on any atom is 0.202 e. The van der Waals surface area contributed by atoms with E-state index >= 15 is 0 Å². The van der Waals surface area contributed by atoms with E-state index in [1.54, 1.807) is 18.1 Å². The number of aromatic nitrogens is 3. The number of benzene rings is 2. The minimum absolute atomic E-state index is 0.621. The van der Waals surface area contributed by atoms with Gasteiger partial charge in [-0.1, -0.05) is 30.3 Å². The lowest BCUT2D eigenvalue weighted by molar-refractivity contribution is 0.414. The second-order valence-electron chi connectivity index (χ2n) is 4.63. The zero-order valence-electron chi connectivity index (χ0n) is 11.6. The predicted molar refractivity (Wildman–Crippen MR) is 84.5 cm³/mol.